The number of aromatic amines is 1. The van der Waals surface area contributed by atoms with Crippen LogP contribution in [0.2, 0.25) is 0 Å². The maximum Gasteiger partial charge on any atom is 0.221 e. The number of carbonyl (C=O) groups excluding carboxylic acids is 5. The molecule has 0 saturated heterocycles. The topological polar surface area (TPSA) is 200 Å². The second-order valence-electron chi connectivity index (χ2n) is 17.0. The second-order valence-corrected chi connectivity index (χ2v) is 19.9. The Morgan fingerprint density at radius 1 is 0.493 bits per heavy atom. The van der Waals surface area contributed by atoms with Crippen LogP contribution in [-0.4, -0.2) is 58.3 Å². The van der Waals surface area contributed by atoms with Gasteiger partial charge in [-0.15, -0.1) is 35.3 Å². The van der Waals surface area contributed by atoms with Crippen LogP contribution < -0.4 is 32.3 Å². The number of carbonyl (C=O) groups is 5. The van der Waals surface area contributed by atoms with Gasteiger partial charge in [0.1, 0.15) is 0 Å². The van der Waals surface area contributed by atoms with E-state index in [4.69, 9.17) is 5.73 Å². The molecule has 8 N–H and O–H groups in total. The van der Waals surface area contributed by atoms with E-state index in [2.05, 4.69) is 68.0 Å². The summed E-state index contributed by atoms with van der Waals surface area (Å²) < 4.78 is 1.04. The Balaban J connectivity index is 0.000000225. The van der Waals surface area contributed by atoms with Crippen molar-refractivity contribution in [1.82, 2.24) is 10.2 Å². The Bertz CT molecular complexity index is 3090. The Morgan fingerprint density at radius 2 is 0.920 bits per heavy atom. The van der Waals surface area contributed by atoms with Crippen LogP contribution >= 0.6 is 35.3 Å². The number of rotatable bonds is 15. The molecule has 0 aliphatic carbocycles. The highest BCUT2D eigenvalue weighted by atomic mass is 32.2. The van der Waals surface area contributed by atoms with E-state index < -0.39 is 0 Å². The van der Waals surface area contributed by atoms with Crippen molar-refractivity contribution in [2.45, 2.75) is 55.4 Å². The van der Waals surface area contributed by atoms with Crippen LogP contribution in [0.25, 0.3) is 11.3 Å². The number of nitrogens with zero attached hydrogens (tertiary/aromatic N) is 1. The molecule has 0 aliphatic heterocycles. The number of nitrogen functional groups attached to an aromatic ring is 1. The van der Waals surface area contributed by atoms with Crippen molar-refractivity contribution >= 4 is 105 Å². The molecule has 1 aromatic heterocycles. The molecule has 6 aromatic carbocycles. The van der Waals surface area contributed by atoms with E-state index in [1.54, 1.807) is 47.8 Å². The van der Waals surface area contributed by atoms with Gasteiger partial charge in [0.25, 0.3) is 0 Å². The van der Waals surface area contributed by atoms with Gasteiger partial charge in [-0.25, -0.2) is 0 Å². The van der Waals surface area contributed by atoms with Gasteiger partial charge in [0.2, 0.25) is 17.7 Å². The van der Waals surface area contributed by atoms with E-state index >= 15 is 0 Å². The van der Waals surface area contributed by atoms with Gasteiger partial charge in [-0.1, -0.05) is 89.5 Å². The molecule has 16 heteroatoms. The van der Waals surface area contributed by atoms with Gasteiger partial charge in [0.15, 0.2) is 17.4 Å². The fraction of sp³-hybridized carbons (Fsp3) is 0.186. The molecule has 75 heavy (non-hydrogen) atoms. The van der Waals surface area contributed by atoms with E-state index in [1.165, 1.54) is 43.7 Å². The van der Waals surface area contributed by atoms with Crippen molar-refractivity contribution in [2.75, 3.05) is 51.1 Å². The quantitative estimate of drug-likeness (QED) is 0.0292. The molecule has 0 unspecified atom stereocenters. The van der Waals surface area contributed by atoms with Crippen LogP contribution in [0.5, 0.6) is 0 Å². The van der Waals surface area contributed by atoms with Crippen LogP contribution in [0.3, 0.4) is 0 Å². The summed E-state index contributed by atoms with van der Waals surface area (Å²) in [4.78, 5) is 56.9. The Morgan fingerprint density at radius 3 is 1.37 bits per heavy atom. The average molecular weight is 1060 g/mol. The number of nitrogens with one attached hydrogen (secondary N) is 6. The van der Waals surface area contributed by atoms with Gasteiger partial charge in [0, 0.05) is 88.5 Å². The highest BCUT2D eigenvalue weighted by Gasteiger charge is 2.09. The average Bonchev–Trinajstić information content (AvgIpc) is 3.84. The molecule has 0 aliphatic rings. The zero-order valence-corrected chi connectivity index (χ0v) is 46.7. The maximum atomic E-state index is 12.3. The summed E-state index contributed by atoms with van der Waals surface area (Å²) in [6.07, 6.45) is 9.15. The minimum atomic E-state index is -0.107. The van der Waals surface area contributed by atoms with Crippen LogP contribution in [0.4, 0.5) is 39.9 Å². The molecule has 1 heterocycles. The lowest BCUT2D eigenvalue weighted by molar-refractivity contribution is -0.115. The van der Waals surface area contributed by atoms with Crippen molar-refractivity contribution in [1.29, 1.82) is 0 Å². The van der Waals surface area contributed by atoms with Gasteiger partial charge in [-0.2, -0.15) is 5.10 Å². The fourth-order valence-corrected chi connectivity index (χ4v) is 8.17. The minimum absolute atomic E-state index is 0.0401. The summed E-state index contributed by atoms with van der Waals surface area (Å²) in [6, 6.07) is 43.9. The summed E-state index contributed by atoms with van der Waals surface area (Å²) in [5.74, 6) is 0.532. The number of aromatic nitrogens is 2. The zero-order valence-electron chi connectivity index (χ0n) is 44.2. The van der Waals surface area contributed by atoms with E-state index in [9.17, 15) is 24.0 Å². The summed E-state index contributed by atoms with van der Waals surface area (Å²) >= 11 is 4.66. The lowest BCUT2D eigenvalue weighted by Gasteiger charge is -2.10. The first-order chi connectivity index (χ1) is 35.7. The van der Waals surface area contributed by atoms with Gasteiger partial charge >= 0.3 is 0 Å². The third kappa shape index (κ3) is 21.3. The number of amides is 3. The molecule has 0 spiro atoms. The largest absolute Gasteiger partial charge is 0.399 e. The first-order valence-electron chi connectivity index (χ1n) is 23.6. The van der Waals surface area contributed by atoms with Gasteiger partial charge < -0.3 is 32.3 Å². The number of aryl methyl sites for hydroxylation is 5. The molecule has 0 radical (unpaired) electrons. The highest BCUT2D eigenvalue weighted by molar-refractivity contribution is 8.21. The third-order valence-electron chi connectivity index (χ3n) is 10.6. The molecule has 13 nitrogen and oxygen atoms in total. The number of H-pyrrole nitrogens is 1. The predicted molar refractivity (Wildman–Crippen MR) is 320 cm³/mol. The molecule has 390 valence electrons. The van der Waals surface area contributed by atoms with Crippen molar-refractivity contribution in [2.24, 2.45) is 0 Å². The molecule has 3 amide bonds. The van der Waals surface area contributed by atoms with E-state index in [1.807, 2.05) is 150 Å². The summed E-state index contributed by atoms with van der Waals surface area (Å²) in [5, 5.41) is 22.8. The SMILES string of the molecule is CC(=O)Nc1ccc(N)c(C)c1.CC(=O)Nc1ccc(Nc2cc(-c3ccc(C)cc3)[nH]n2)c(C)c1.CS/C(=C\C(=O)c1ccc(C)cc1)Nc1ccc(NC(C)=O)cc1.CSC(=CC(=O)c1ccc(C)cc1)SC. The number of anilines is 7. The van der Waals surface area contributed by atoms with Crippen LogP contribution in [0.15, 0.2) is 161 Å². The van der Waals surface area contributed by atoms with E-state index in [0.29, 0.717) is 5.56 Å². The number of hydrogen-bond acceptors (Lipinski definition) is 12. The third-order valence-corrected chi connectivity index (χ3v) is 13.3. The summed E-state index contributed by atoms with van der Waals surface area (Å²) in [5.41, 5.74) is 19.4. The van der Waals surface area contributed by atoms with Crippen molar-refractivity contribution in [3.63, 3.8) is 0 Å². The Labute approximate surface area is 453 Å². The number of benzene rings is 6. The number of hydrogen-bond donors (Lipinski definition) is 7. The van der Waals surface area contributed by atoms with E-state index in [0.717, 1.165) is 82.7 Å². The molecule has 0 fully saturated rings. The standard InChI is InChI=1S/C19H20N4O.C19H20N2O2S.C12H14OS2.C9H12N2O/c1-12-4-6-15(7-5-12)18-11-19(23-22-18)21-17-9-8-16(10-13(17)2)20-14(3)24;1-13-4-6-15(7-5-13)18(23)12-19(24-3)21-17-10-8-16(9-11-17)20-14(2)22;1-9-4-6-10(7-5-9)11(13)8-12(14-2)15-3;1-6-5-8(11-7(2)12)3-4-9(6)10/h4-11H,1-3H3,(H,20,24)(H2,21,22,23);4-12,21H,1-3H3,(H,20,22);4-8H,1-3H3;3-5H,10H2,1-2H3,(H,11,12)/b;19-12-;;. The summed E-state index contributed by atoms with van der Waals surface area (Å²) in [7, 11) is 0. The second kappa shape index (κ2) is 30.4. The molecular weight excluding hydrogens is 997 g/mol. The van der Waals surface area contributed by atoms with Crippen molar-refractivity contribution in [3.8, 4) is 11.3 Å². The zero-order chi connectivity index (χ0) is 55.0. The minimum Gasteiger partial charge on any atom is -0.399 e. The van der Waals surface area contributed by atoms with Crippen LogP contribution in [-0.2, 0) is 14.4 Å². The first-order valence-corrected chi connectivity index (χ1v) is 27.3. The van der Waals surface area contributed by atoms with Crippen molar-refractivity contribution < 1.29 is 24.0 Å². The molecule has 0 saturated carbocycles. The number of nitrogens with two attached hydrogens (primary N) is 1. The predicted octanol–water partition coefficient (Wildman–Crippen LogP) is 14.1. The molecule has 0 bridgehead atoms. The monoisotopic (exact) mass is 1060 g/mol. The lowest BCUT2D eigenvalue weighted by atomic mass is 10.1. The van der Waals surface area contributed by atoms with Gasteiger partial charge in [-0.3, -0.25) is 29.1 Å². The van der Waals surface area contributed by atoms with Crippen LogP contribution in [0, 0.1) is 34.6 Å². The van der Waals surface area contributed by atoms with Crippen molar-refractivity contribution in [3.05, 3.63) is 200 Å². The maximum absolute atomic E-state index is 12.3. The van der Waals surface area contributed by atoms with Gasteiger partial charge in [-0.05, 0) is 131 Å². The van der Waals surface area contributed by atoms with E-state index in [-0.39, 0.29) is 29.3 Å². The lowest BCUT2D eigenvalue weighted by Crippen LogP contribution is -2.06. The van der Waals surface area contributed by atoms with Crippen LogP contribution in [0.1, 0.15) is 69.3 Å². The Kier molecular flexibility index (Phi) is 24.2. The number of allylic oxidation sites excluding steroid dienone is 2. The number of thioether (sulfide) groups is 3. The smallest absolute Gasteiger partial charge is 0.221 e. The molecule has 7 aromatic rings. The highest BCUT2D eigenvalue weighted by Crippen LogP contribution is 2.27. The summed E-state index contributed by atoms with van der Waals surface area (Å²) in [6.45, 7) is 14.4. The Hall–Kier alpha value is -7.79. The van der Waals surface area contributed by atoms with Gasteiger partial charge in [0.05, 0.1) is 10.7 Å². The number of ketones is 2. The molecular formula is C59H66N8O5S3. The molecule has 0 atom stereocenters. The first kappa shape index (κ1) is 59.8. The normalized spacial score (nSPS) is 10.4. The molecule has 7 rings (SSSR count). The fourth-order valence-electron chi connectivity index (χ4n) is 6.60.